The van der Waals surface area contributed by atoms with Crippen LogP contribution in [0.25, 0.3) is 21.5 Å². The van der Waals surface area contributed by atoms with Crippen LogP contribution in [-0.2, 0) is 6.61 Å². The predicted octanol–water partition coefficient (Wildman–Crippen LogP) is 5.59. The molecule has 0 saturated heterocycles. The Balaban J connectivity index is 1.67. The Morgan fingerprint density at radius 2 is 1.46 bits per heavy atom. The fourth-order valence-electron chi connectivity index (χ4n) is 3.30. The summed E-state index contributed by atoms with van der Waals surface area (Å²) in [6.07, 6.45) is 0. The molecular formula is C23H20O3. The summed E-state index contributed by atoms with van der Waals surface area (Å²) >= 11 is 0. The Bertz CT molecular complexity index is 1070. The van der Waals surface area contributed by atoms with Crippen molar-refractivity contribution in [3.63, 3.8) is 0 Å². The lowest BCUT2D eigenvalue weighted by Crippen LogP contribution is -2.00. The molecule has 0 aliphatic carbocycles. The van der Waals surface area contributed by atoms with Gasteiger partial charge >= 0.3 is 0 Å². The maximum atomic E-state index is 6.06. The minimum absolute atomic E-state index is 0.413. The topological polar surface area (TPSA) is 27.7 Å². The second kappa shape index (κ2) is 6.96. The number of hydrogen-bond donors (Lipinski definition) is 0. The highest BCUT2D eigenvalue weighted by Crippen LogP contribution is 2.32. The fraction of sp³-hybridized carbons (Fsp3) is 0.130. The molecule has 0 aliphatic heterocycles. The SMILES string of the molecule is COc1cccc(COc2ccc3ccc4ccccc4c3c2)c1OC. The monoisotopic (exact) mass is 344 g/mol. The Morgan fingerprint density at radius 1 is 0.692 bits per heavy atom. The predicted molar refractivity (Wildman–Crippen MR) is 105 cm³/mol. The number of ether oxygens (including phenoxy) is 3. The Labute approximate surface area is 152 Å². The molecule has 3 heteroatoms. The summed E-state index contributed by atoms with van der Waals surface area (Å²) < 4.78 is 16.9. The molecule has 0 spiro atoms. The highest BCUT2D eigenvalue weighted by Gasteiger charge is 2.10. The molecule has 0 amide bonds. The molecule has 0 heterocycles. The Kier molecular flexibility index (Phi) is 4.36. The van der Waals surface area contributed by atoms with Crippen molar-refractivity contribution in [2.75, 3.05) is 14.2 Å². The Morgan fingerprint density at radius 3 is 2.27 bits per heavy atom. The van der Waals surface area contributed by atoms with Crippen molar-refractivity contribution >= 4 is 21.5 Å². The van der Waals surface area contributed by atoms with Crippen LogP contribution in [0.5, 0.6) is 17.2 Å². The van der Waals surface area contributed by atoms with E-state index in [0.717, 1.165) is 11.3 Å². The standard InChI is InChI=1S/C23H20O3/c1-24-22-9-5-7-18(23(22)25-2)15-26-19-13-12-17-11-10-16-6-3-4-8-20(16)21(17)14-19/h3-14H,15H2,1-2H3. The molecule has 0 unspecified atom stereocenters. The van der Waals surface area contributed by atoms with Crippen molar-refractivity contribution < 1.29 is 14.2 Å². The van der Waals surface area contributed by atoms with Gasteiger partial charge in [-0.05, 0) is 39.7 Å². The highest BCUT2D eigenvalue weighted by atomic mass is 16.5. The second-order valence-electron chi connectivity index (χ2n) is 6.11. The molecule has 0 bridgehead atoms. The summed E-state index contributed by atoms with van der Waals surface area (Å²) in [7, 11) is 3.28. The molecule has 4 aromatic rings. The maximum Gasteiger partial charge on any atom is 0.167 e. The first-order valence-electron chi connectivity index (χ1n) is 8.54. The van der Waals surface area contributed by atoms with Crippen LogP contribution in [0.4, 0.5) is 0 Å². The minimum Gasteiger partial charge on any atom is -0.493 e. The summed E-state index contributed by atoms with van der Waals surface area (Å²) in [5, 5.41) is 4.86. The van der Waals surface area contributed by atoms with E-state index in [2.05, 4.69) is 48.5 Å². The average Bonchev–Trinajstić information content (AvgIpc) is 2.71. The van der Waals surface area contributed by atoms with Gasteiger partial charge in [0.2, 0.25) is 0 Å². The molecule has 0 radical (unpaired) electrons. The van der Waals surface area contributed by atoms with Gasteiger partial charge in [0.15, 0.2) is 11.5 Å². The number of fused-ring (bicyclic) bond motifs is 3. The van der Waals surface area contributed by atoms with Gasteiger partial charge in [-0.25, -0.2) is 0 Å². The molecule has 0 saturated carbocycles. The number of rotatable bonds is 5. The van der Waals surface area contributed by atoms with Crippen molar-refractivity contribution in [1.29, 1.82) is 0 Å². The molecule has 0 N–H and O–H groups in total. The highest BCUT2D eigenvalue weighted by molar-refractivity contribution is 6.07. The smallest absolute Gasteiger partial charge is 0.167 e. The van der Waals surface area contributed by atoms with Crippen LogP contribution in [0, 0.1) is 0 Å². The van der Waals surface area contributed by atoms with Gasteiger partial charge in [0.05, 0.1) is 14.2 Å². The zero-order valence-electron chi connectivity index (χ0n) is 14.9. The van der Waals surface area contributed by atoms with E-state index in [0.29, 0.717) is 18.1 Å². The normalized spacial score (nSPS) is 10.8. The van der Waals surface area contributed by atoms with Crippen molar-refractivity contribution in [2.24, 2.45) is 0 Å². The Hall–Kier alpha value is -3.20. The van der Waals surface area contributed by atoms with E-state index < -0.39 is 0 Å². The van der Waals surface area contributed by atoms with Gasteiger partial charge < -0.3 is 14.2 Å². The lowest BCUT2D eigenvalue weighted by molar-refractivity contribution is 0.291. The van der Waals surface area contributed by atoms with E-state index in [1.54, 1.807) is 14.2 Å². The lowest BCUT2D eigenvalue weighted by atomic mass is 10.0. The van der Waals surface area contributed by atoms with Crippen molar-refractivity contribution in [1.82, 2.24) is 0 Å². The van der Waals surface area contributed by atoms with Crippen LogP contribution >= 0.6 is 0 Å². The van der Waals surface area contributed by atoms with Crippen molar-refractivity contribution in [3.8, 4) is 17.2 Å². The van der Waals surface area contributed by atoms with E-state index in [9.17, 15) is 0 Å². The van der Waals surface area contributed by atoms with Gasteiger partial charge in [-0.3, -0.25) is 0 Å². The van der Waals surface area contributed by atoms with Gasteiger partial charge in [-0.15, -0.1) is 0 Å². The molecule has 4 aromatic carbocycles. The van der Waals surface area contributed by atoms with Crippen LogP contribution < -0.4 is 14.2 Å². The first kappa shape index (κ1) is 16.3. The van der Waals surface area contributed by atoms with Gasteiger partial charge in [-0.2, -0.15) is 0 Å². The summed E-state index contributed by atoms with van der Waals surface area (Å²) in [6, 6.07) is 24.7. The molecular weight excluding hydrogens is 324 g/mol. The largest absolute Gasteiger partial charge is 0.493 e. The van der Waals surface area contributed by atoms with E-state index in [1.807, 2.05) is 24.3 Å². The number of benzene rings is 4. The van der Waals surface area contributed by atoms with E-state index in [1.165, 1.54) is 21.5 Å². The quantitative estimate of drug-likeness (QED) is 0.442. The summed E-state index contributed by atoms with van der Waals surface area (Å²) in [5.41, 5.74) is 0.949. The molecule has 0 aliphatic rings. The molecule has 26 heavy (non-hydrogen) atoms. The van der Waals surface area contributed by atoms with E-state index >= 15 is 0 Å². The van der Waals surface area contributed by atoms with Gasteiger partial charge in [0, 0.05) is 5.56 Å². The number of hydrogen-bond acceptors (Lipinski definition) is 3. The molecule has 0 atom stereocenters. The van der Waals surface area contributed by atoms with Crippen LogP contribution in [0.2, 0.25) is 0 Å². The van der Waals surface area contributed by atoms with Crippen LogP contribution in [0.15, 0.2) is 72.8 Å². The zero-order valence-corrected chi connectivity index (χ0v) is 14.9. The summed E-state index contributed by atoms with van der Waals surface area (Å²) in [5.74, 6) is 2.25. The molecule has 3 nitrogen and oxygen atoms in total. The van der Waals surface area contributed by atoms with Gasteiger partial charge in [0.25, 0.3) is 0 Å². The van der Waals surface area contributed by atoms with E-state index in [4.69, 9.17) is 14.2 Å². The molecule has 0 fully saturated rings. The number of para-hydroxylation sites is 1. The lowest BCUT2D eigenvalue weighted by Gasteiger charge is -2.14. The molecule has 4 rings (SSSR count). The third-order valence-electron chi connectivity index (χ3n) is 4.60. The van der Waals surface area contributed by atoms with Gasteiger partial charge in [0.1, 0.15) is 12.4 Å². The maximum absolute atomic E-state index is 6.06. The minimum atomic E-state index is 0.413. The third-order valence-corrected chi connectivity index (χ3v) is 4.60. The zero-order chi connectivity index (χ0) is 17.9. The van der Waals surface area contributed by atoms with Gasteiger partial charge in [-0.1, -0.05) is 54.6 Å². The third kappa shape index (κ3) is 2.92. The number of methoxy groups -OCH3 is 2. The van der Waals surface area contributed by atoms with Crippen LogP contribution in [-0.4, -0.2) is 14.2 Å². The van der Waals surface area contributed by atoms with Crippen molar-refractivity contribution in [2.45, 2.75) is 6.61 Å². The van der Waals surface area contributed by atoms with E-state index in [-0.39, 0.29) is 0 Å². The summed E-state index contributed by atoms with van der Waals surface area (Å²) in [4.78, 5) is 0. The fourth-order valence-corrected chi connectivity index (χ4v) is 3.30. The first-order valence-corrected chi connectivity index (χ1v) is 8.54. The van der Waals surface area contributed by atoms with Crippen LogP contribution in [0.1, 0.15) is 5.56 Å². The first-order chi connectivity index (χ1) is 12.8. The molecule has 130 valence electrons. The molecule has 0 aromatic heterocycles. The van der Waals surface area contributed by atoms with Crippen molar-refractivity contribution in [3.05, 3.63) is 78.4 Å². The van der Waals surface area contributed by atoms with Crippen LogP contribution in [0.3, 0.4) is 0 Å². The second-order valence-corrected chi connectivity index (χ2v) is 6.11. The average molecular weight is 344 g/mol. The summed E-state index contributed by atoms with van der Waals surface area (Å²) in [6.45, 7) is 0.413.